The maximum absolute atomic E-state index is 12.5. The molecule has 0 radical (unpaired) electrons. The van der Waals surface area contributed by atoms with Crippen molar-refractivity contribution in [1.82, 2.24) is 9.80 Å². The number of nitrogens with zero attached hydrogens (tertiary/aromatic N) is 2. The van der Waals surface area contributed by atoms with E-state index in [9.17, 15) is 19.2 Å². The van der Waals surface area contributed by atoms with E-state index >= 15 is 0 Å². The number of hydrogen-bond acceptors (Lipinski definition) is 10. The minimum absolute atomic E-state index is 0.0647. The molecular formula is C41H78N2O9. The molecule has 1 N–H and O–H groups in total. The lowest BCUT2D eigenvalue weighted by molar-refractivity contribution is -0.183. The fraction of sp³-hybridized carbons (Fsp3) is 0.902. The van der Waals surface area contributed by atoms with Crippen molar-refractivity contribution in [3.8, 4) is 0 Å². The van der Waals surface area contributed by atoms with Gasteiger partial charge in [0.1, 0.15) is 18.8 Å². The van der Waals surface area contributed by atoms with Gasteiger partial charge in [-0.1, -0.05) is 142 Å². The van der Waals surface area contributed by atoms with E-state index in [0.29, 0.717) is 12.8 Å². The number of rotatable bonds is 32. The lowest BCUT2D eigenvalue weighted by Crippen LogP contribution is -2.34. The van der Waals surface area contributed by atoms with Gasteiger partial charge < -0.3 is 24.1 Å². The molecule has 1 rings (SSSR count). The van der Waals surface area contributed by atoms with Crippen molar-refractivity contribution in [3.05, 3.63) is 0 Å². The van der Waals surface area contributed by atoms with Gasteiger partial charge in [0, 0.05) is 12.8 Å². The number of likely N-dealkylation sites (N-methyl/N-ethyl adjacent to an activating group) is 2. The van der Waals surface area contributed by atoms with E-state index < -0.39 is 36.4 Å². The molecule has 0 aliphatic carbocycles. The highest BCUT2D eigenvalue weighted by atomic mass is 16.7. The molecule has 306 valence electrons. The second-order valence-corrected chi connectivity index (χ2v) is 15.0. The lowest BCUT2D eigenvalue weighted by atomic mass is 10.1. The molecule has 0 aromatic heterocycles. The number of carbonyl (C=O) groups is 4. The molecule has 11 heteroatoms. The molecule has 0 spiro atoms. The first kappa shape index (κ1) is 49.8. The summed E-state index contributed by atoms with van der Waals surface area (Å²) >= 11 is 0. The van der Waals surface area contributed by atoms with Crippen LogP contribution in [0.2, 0.25) is 0 Å². The number of aliphatic carboxylic acids is 1. The van der Waals surface area contributed by atoms with Gasteiger partial charge in [0.25, 0.3) is 0 Å². The van der Waals surface area contributed by atoms with Crippen LogP contribution in [0.3, 0.4) is 0 Å². The van der Waals surface area contributed by atoms with Crippen molar-refractivity contribution in [2.45, 2.75) is 193 Å². The lowest BCUT2D eigenvalue weighted by Gasteiger charge is -2.19. The molecule has 1 fully saturated rings. The smallest absolute Gasteiger partial charge is 0.322 e. The molecule has 3 atom stereocenters. The fourth-order valence-corrected chi connectivity index (χ4v) is 6.05. The van der Waals surface area contributed by atoms with Crippen LogP contribution in [-0.4, -0.2) is 105 Å². The second kappa shape index (κ2) is 34.5. The minimum Gasteiger partial charge on any atom is -0.481 e. The van der Waals surface area contributed by atoms with Crippen LogP contribution in [0.1, 0.15) is 174 Å². The third-order valence-corrected chi connectivity index (χ3v) is 8.99. The van der Waals surface area contributed by atoms with Crippen LogP contribution in [0.25, 0.3) is 0 Å². The molecule has 0 amide bonds. The van der Waals surface area contributed by atoms with Gasteiger partial charge in [-0.15, -0.1) is 0 Å². The van der Waals surface area contributed by atoms with Crippen molar-refractivity contribution < 1.29 is 43.2 Å². The maximum atomic E-state index is 12.5. The molecular weight excluding hydrogens is 664 g/mol. The number of unbranched alkanes of at least 4 members (excludes halogenated alkanes) is 20. The minimum atomic E-state index is -0.838. The Kier molecular flexibility index (Phi) is 33.0. The van der Waals surface area contributed by atoms with E-state index in [1.807, 2.05) is 0 Å². The first-order chi connectivity index (χ1) is 25.0. The third-order valence-electron chi connectivity index (χ3n) is 8.99. The van der Waals surface area contributed by atoms with Gasteiger partial charge in [0.05, 0.1) is 19.5 Å². The van der Waals surface area contributed by atoms with Crippen LogP contribution in [-0.2, 0) is 38.1 Å². The maximum Gasteiger partial charge on any atom is 0.322 e. The first-order valence-corrected chi connectivity index (χ1v) is 20.7. The molecule has 0 saturated carbocycles. The summed E-state index contributed by atoms with van der Waals surface area (Å²) in [6, 6.07) is 0. The number of carboxylic acid groups (broad SMARTS) is 1. The van der Waals surface area contributed by atoms with Crippen LogP contribution in [0.5, 0.6) is 0 Å². The molecule has 52 heavy (non-hydrogen) atoms. The predicted octanol–water partition coefficient (Wildman–Crippen LogP) is 8.70. The van der Waals surface area contributed by atoms with Crippen LogP contribution >= 0.6 is 0 Å². The standard InChI is InChI=1S/C27H50N2O7.C14H28O2/c1-6-7-8-9-10-11-12-13-14-15-16-17-24(30)34-22-18-27(36-26(32)20-29(4)5)35-23(22)21-33-25(31)19-28(2)3;1-2-3-4-5-6-7-8-9-10-11-12-13-14(15)16/h22-23,27H,6-21H2,1-5H3;2-13H2,1H3,(H,15,16)/t22-,23-,27+;/m1./s1. The first-order valence-electron chi connectivity index (χ1n) is 20.7. The second-order valence-electron chi connectivity index (χ2n) is 15.0. The highest BCUT2D eigenvalue weighted by Gasteiger charge is 2.40. The summed E-state index contributed by atoms with van der Waals surface area (Å²) in [4.78, 5) is 50.1. The Bertz CT molecular complexity index is 899. The Morgan fingerprint density at radius 2 is 0.962 bits per heavy atom. The quantitative estimate of drug-likeness (QED) is 0.0403. The zero-order valence-corrected chi connectivity index (χ0v) is 34.1. The summed E-state index contributed by atoms with van der Waals surface area (Å²) in [6.45, 7) is 4.67. The molecule has 0 unspecified atom stereocenters. The van der Waals surface area contributed by atoms with Gasteiger partial charge in [0.2, 0.25) is 6.29 Å². The highest BCUT2D eigenvalue weighted by molar-refractivity contribution is 5.72. The average molecular weight is 743 g/mol. The van der Waals surface area contributed by atoms with E-state index in [1.54, 1.807) is 38.0 Å². The van der Waals surface area contributed by atoms with Crippen LogP contribution in [0, 0.1) is 0 Å². The zero-order valence-electron chi connectivity index (χ0n) is 34.1. The van der Waals surface area contributed by atoms with E-state index in [4.69, 9.17) is 24.1 Å². The van der Waals surface area contributed by atoms with Crippen LogP contribution < -0.4 is 0 Å². The Labute approximate surface area is 317 Å². The SMILES string of the molecule is CCCCCCCCCCCCCC(=O)O.CCCCCCCCCCCCCC(=O)O[C@@H]1C[C@H](OC(=O)CN(C)C)O[C@@H]1COC(=O)CN(C)C. The summed E-state index contributed by atoms with van der Waals surface area (Å²) < 4.78 is 22.1. The van der Waals surface area contributed by atoms with Gasteiger partial charge in [-0.2, -0.15) is 0 Å². The van der Waals surface area contributed by atoms with Gasteiger partial charge in [-0.25, -0.2) is 0 Å². The predicted molar refractivity (Wildman–Crippen MR) is 207 cm³/mol. The summed E-state index contributed by atoms with van der Waals surface area (Å²) in [6.07, 6.45) is 26.1. The van der Waals surface area contributed by atoms with Crippen LogP contribution in [0.4, 0.5) is 0 Å². The monoisotopic (exact) mass is 743 g/mol. The summed E-state index contributed by atoms with van der Waals surface area (Å²) in [7, 11) is 7.07. The molecule has 1 aliphatic heterocycles. The number of carboxylic acids is 1. The summed E-state index contributed by atoms with van der Waals surface area (Å²) in [5, 5.41) is 8.46. The normalized spacial score (nSPS) is 16.8. The molecule has 1 saturated heterocycles. The van der Waals surface area contributed by atoms with E-state index in [1.165, 1.54) is 109 Å². The van der Waals surface area contributed by atoms with E-state index in [-0.39, 0.29) is 32.1 Å². The van der Waals surface area contributed by atoms with Crippen molar-refractivity contribution in [3.63, 3.8) is 0 Å². The van der Waals surface area contributed by atoms with Crippen LogP contribution in [0.15, 0.2) is 0 Å². The summed E-state index contributed by atoms with van der Waals surface area (Å²) in [5.74, 6) is -1.79. The van der Waals surface area contributed by atoms with Crippen molar-refractivity contribution in [2.24, 2.45) is 0 Å². The molecule has 1 aliphatic rings. The highest BCUT2D eigenvalue weighted by Crippen LogP contribution is 2.26. The molecule has 0 bridgehead atoms. The Balaban J connectivity index is 0.00000136. The van der Waals surface area contributed by atoms with Gasteiger partial charge >= 0.3 is 23.9 Å². The Hall–Kier alpha value is -2.24. The van der Waals surface area contributed by atoms with E-state index in [2.05, 4.69) is 13.8 Å². The number of esters is 3. The van der Waals surface area contributed by atoms with Crippen molar-refractivity contribution in [2.75, 3.05) is 47.9 Å². The summed E-state index contributed by atoms with van der Waals surface area (Å²) in [5.41, 5.74) is 0. The molecule has 0 aromatic carbocycles. The van der Waals surface area contributed by atoms with Gasteiger partial charge in [0.15, 0.2) is 0 Å². The molecule has 1 heterocycles. The molecule has 11 nitrogen and oxygen atoms in total. The Morgan fingerprint density at radius 1 is 0.558 bits per heavy atom. The Morgan fingerprint density at radius 3 is 1.38 bits per heavy atom. The number of hydrogen-bond donors (Lipinski definition) is 1. The largest absolute Gasteiger partial charge is 0.481 e. The number of ether oxygens (including phenoxy) is 4. The van der Waals surface area contributed by atoms with Crippen molar-refractivity contribution >= 4 is 23.9 Å². The van der Waals surface area contributed by atoms with Crippen molar-refractivity contribution in [1.29, 1.82) is 0 Å². The fourth-order valence-electron chi connectivity index (χ4n) is 6.05. The van der Waals surface area contributed by atoms with Gasteiger partial charge in [-0.3, -0.25) is 29.0 Å². The molecule has 0 aromatic rings. The average Bonchev–Trinajstić information content (AvgIpc) is 3.44. The topological polar surface area (TPSA) is 132 Å². The number of carbonyl (C=O) groups excluding carboxylic acids is 3. The van der Waals surface area contributed by atoms with E-state index in [0.717, 1.165) is 32.1 Å². The van der Waals surface area contributed by atoms with Gasteiger partial charge in [-0.05, 0) is 41.0 Å². The zero-order chi connectivity index (χ0) is 38.8. The third kappa shape index (κ3) is 32.4.